The van der Waals surface area contributed by atoms with Gasteiger partial charge in [-0.15, -0.1) is 0 Å². The van der Waals surface area contributed by atoms with Crippen molar-refractivity contribution in [2.45, 2.75) is 31.9 Å². The Morgan fingerprint density at radius 1 is 0.844 bits per heavy atom. The zero-order valence-electron chi connectivity index (χ0n) is 25.1. The number of imidazole rings is 1. The third-order valence-electron chi connectivity index (χ3n) is 6.65. The number of aliphatic hydroxyl groups excluding tert-OH is 1. The molecule has 14 heteroatoms. The van der Waals surface area contributed by atoms with Gasteiger partial charge in [-0.3, -0.25) is 0 Å². The average Bonchev–Trinajstić information content (AvgIpc) is 3.35. The van der Waals surface area contributed by atoms with E-state index in [2.05, 4.69) is 34.6 Å². The lowest BCUT2D eigenvalue weighted by molar-refractivity contribution is -0.134. The summed E-state index contributed by atoms with van der Waals surface area (Å²) in [5.74, 6) is -2.63. The average molecular weight is 628 g/mol. The molecule has 0 bridgehead atoms. The third kappa shape index (κ3) is 11.8. The number of carbonyl (C=O) groups is 4. The molecule has 0 amide bonds. The Kier molecular flexibility index (Phi) is 14.2. The van der Waals surface area contributed by atoms with Crippen LogP contribution < -0.4 is 9.47 Å². The molecule has 0 radical (unpaired) electrons. The van der Waals surface area contributed by atoms with Crippen LogP contribution in [0, 0.1) is 6.92 Å². The maximum absolute atomic E-state index is 10.7. The number of carboxylic acid groups (broad SMARTS) is 4. The van der Waals surface area contributed by atoms with Crippen molar-refractivity contribution in [3.05, 3.63) is 78.2 Å². The van der Waals surface area contributed by atoms with Gasteiger partial charge in [0.15, 0.2) is 11.5 Å². The molecule has 1 aliphatic heterocycles. The molecule has 2 aromatic carbocycles. The molecule has 0 aliphatic carbocycles. The van der Waals surface area contributed by atoms with Crippen LogP contribution in [0.4, 0.5) is 0 Å². The molecule has 0 spiro atoms. The SMILES string of the molecule is COc1ccc(C(O)CN2CCC(n3c(C)nc4ccccc43)CC2)cc1OC.O=C(O)/C=C/C(=O)O.O=C(O)/C=C/C(=O)O. The summed E-state index contributed by atoms with van der Waals surface area (Å²) in [5, 5.41) is 42.0. The van der Waals surface area contributed by atoms with Gasteiger partial charge >= 0.3 is 23.9 Å². The zero-order chi connectivity index (χ0) is 33.5. The van der Waals surface area contributed by atoms with Crippen molar-refractivity contribution >= 4 is 34.9 Å². The summed E-state index contributed by atoms with van der Waals surface area (Å²) in [6, 6.07) is 14.4. The van der Waals surface area contributed by atoms with Gasteiger partial charge in [-0.1, -0.05) is 18.2 Å². The number of fused-ring (bicyclic) bond motifs is 1. The fourth-order valence-corrected chi connectivity index (χ4v) is 4.68. The number of aromatic nitrogens is 2. The Hall–Kier alpha value is -5.21. The number of β-amino-alcohol motifs (C(OH)–C–C–N with tert-alkyl or cyclic N) is 1. The number of likely N-dealkylation sites (tertiary alicyclic amines) is 1. The van der Waals surface area contributed by atoms with E-state index in [1.165, 1.54) is 5.52 Å². The Bertz CT molecular complexity index is 1460. The predicted molar refractivity (Wildman–Crippen MR) is 163 cm³/mol. The number of benzene rings is 2. The second-order valence-electron chi connectivity index (χ2n) is 9.70. The number of hydrogen-bond donors (Lipinski definition) is 5. The summed E-state index contributed by atoms with van der Waals surface area (Å²) in [5.41, 5.74) is 3.13. The number of aliphatic carboxylic acids is 4. The number of rotatable bonds is 10. The molecule has 242 valence electrons. The smallest absolute Gasteiger partial charge is 0.328 e. The molecule has 2 heterocycles. The molecular formula is C31H37N3O11. The van der Waals surface area contributed by atoms with Crippen LogP contribution in [0.1, 0.15) is 36.4 Å². The van der Waals surface area contributed by atoms with Gasteiger partial charge in [-0.2, -0.15) is 0 Å². The lowest BCUT2D eigenvalue weighted by atomic mass is 10.0. The molecule has 3 aromatic rings. The number of methoxy groups -OCH3 is 2. The molecule has 14 nitrogen and oxygen atoms in total. The van der Waals surface area contributed by atoms with E-state index >= 15 is 0 Å². The lowest BCUT2D eigenvalue weighted by Gasteiger charge is -2.34. The van der Waals surface area contributed by atoms with Gasteiger partial charge in [0.05, 0.1) is 31.4 Å². The minimum absolute atomic E-state index is 0.455. The summed E-state index contributed by atoms with van der Waals surface area (Å²) in [6.07, 6.45) is 3.79. The number of ether oxygens (including phenoxy) is 2. The van der Waals surface area contributed by atoms with Gasteiger partial charge < -0.3 is 44.5 Å². The number of hydrogen-bond acceptors (Lipinski definition) is 9. The van der Waals surface area contributed by atoms with Crippen molar-refractivity contribution in [1.29, 1.82) is 0 Å². The van der Waals surface area contributed by atoms with E-state index in [1.807, 2.05) is 24.3 Å². The van der Waals surface area contributed by atoms with Crippen LogP contribution in [0.3, 0.4) is 0 Å². The Labute approximate surface area is 259 Å². The summed E-state index contributed by atoms with van der Waals surface area (Å²) >= 11 is 0. The monoisotopic (exact) mass is 627 g/mol. The van der Waals surface area contributed by atoms with Gasteiger partial charge in [-0.25, -0.2) is 24.2 Å². The Morgan fingerprint density at radius 2 is 1.36 bits per heavy atom. The van der Waals surface area contributed by atoms with Crippen LogP contribution in [-0.4, -0.2) is 97.7 Å². The number of nitrogens with zero attached hydrogens (tertiary/aromatic N) is 3. The van der Waals surface area contributed by atoms with E-state index in [4.69, 9.17) is 34.9 Å². The molecule has 45 heavy (non-hydrogen) atoms. The minimum atomic E-state index is -1.26. The molecule has 5 N–H and O–H groups in total. The maximum atomic E-state index is 10.7. The number of aliphatic hydroxyl groups is 1. The second kappa shape index (κ2) is 17.8. The first-order valence-corrected chi connectivity index (χ1v) is 13.7. The first-order chi connectivity index (χ1) is 21.4. The van der Waals surface area contributed by atoms with Crippen molar-refractivity contribution in [3.63, 3.8) is 0 Å². The molecule has 4 rings (SSSR count). The maximum Gasteiger partial charge on any atom is 0.328 e. The first kappa shape index (κ1) is 36.0. The van der Waals surface area contributed by atoms with E-state index in [0.717, 1.165) is 42.8 Å². The first-order valence-electron chi connectivity index (χ1n) is 13.7. The molecule has 1 saturated heterocycles. The van der Waals surface area contributed by atoms with Crippen LogP contribution >= 0.6 is 0 Å². The number of piperidine rings is 1. The van der Waals surface area contributed by atoms with E-state index < -0.39 is 30.0 Å². The summed E-state index contributed by atoms with van der Waals surface area (Å²) in [7, 11) is 3.23. The molecule has 1 atom stereocenters. The minimum Gasteiger partial charge on any atom is -0.493 e. The van der Waals surface area contributed by atoms with Gasteiger partial charge in [0.2, 0.25) is 0 Å². The largest absolute Gasteiger partial charge is 0.493 e. The van der Waals surface area contributed by atoms with Gasteiger partial charge in [0.25, 0.3) is 0 Å². The Balaban J connectivity index is 0.000000365. The molecule has 1 aliphatic rings. The predicted octanol–water partition coefficient (Wildman–Crippen LogP) is 3.16. The fraction of sp³-hybridized carbons (Fsp3) is 0.323. The lowest BCUT2D eigenvalue weighted by Crippen LogP contribution is -2.37. The summed E-state index contributed by atoms with van der Waals surface area (Å²) < 4.78 is 13.0. The van der Waals surface area contributed by atoms with Gasteiger partial charge in [-0.05, 0) is 49.6 Å². The van der Waals surface area contributed by atoms with E-state index in [1.54, 1.807) is 14.2 Å². The van der Waals surface area contributed by atoms with Crippen LogP contribution in [0.5, 0.6) is 11.5 Å². The highest BCUT2D eigenvalue weighted by atomic mass is 16.5. The van der Waals surface area contributed by atoms with Crippen molar-refractivity contribution in [1.82, 2.24) is 14.5 Å². The van der Waals surface area contributed by atoms with Crippen molar-refractivity contribution in [3.8, 4) is 11.5 Å². The molecule has 1 aromatic heterocycles. The van der Waals surface area contributed by atoms with Crippen LogP contribution in [-0.2, 0) is 19.2 Å². The van der Waals surface area contributed by atoms with Crippen molar-refractivity contribution in [2.24, 2.45) is 0 Å². The highest BCUT2D eigenvalue weighted by Crippen LogP contribution is 2.32. The molecule has 0 saturated carbocycles. The summed E-state index contributed by atoms with van der Waals surface area (Å²) in [4.78, 5) is 45.3. The standard InChI is InChI=1S/C23H29N3O3.2C4H4O4/c1-16-24-19-6-4-5-7-20(19)26(16)18-10-12-25(13-11-18)15-21(27)17-8-9-22(28-2)23(14-17)29-3;2*5-3(6)1-2-4(7)8/h4-9,14,18,21,27H,10-13,15H2,1-3H3;2*1-2H,(H,5,6)(H,7,8)/b;2*2-1+. The van der Waals surface area contributed by atoms with Crippen molar-refractivity contribution in [2.75, 3.05) is 33.9 Å². The van der Waals surface area contributed by atoms with E-state index in [0.29, 0.717) is 48.4 Å². The highest BCUT2D eigenvalue weighted by Gasteiger charge is 2.25. The normalized spacial score (nSPS) is 14.2. The van der Waals surface area contributed by atoms with Gasteiger partial charge in [0, 0.05) is 50.0 Å². The summed E-state index contributed by atoms with van der Waals surface area (Å²) in [6.45, 7) is 4.63. The second-order valence-corrected chi connectivity index (χ2v) is 9.70. The number of carboxylic acids is 4. The van der Waals surface area contributed by atoms with Crippen LogP contribution in [0.15, 0.2) is 66.8 Å². The van der Waals surface area contributed by atoms with Crippen LogP contribution in [0.2, 0.25) is 0 Å². The topological polar surface area (TPSA) is 209 Å². The fourth-order valence-electron chi connectivity index (χ4n) is 4.68. The zero-order valence-corrected chi connectivity index (χ0v) is 25.1. The molecule has 1 fully saturated rings. The third-order valence-corrected chi connectivity index (χ3v) is 6.65. The van der Waals surface area contributed by atoms with E-state index in [9.17, 15) is 24.3 Å². The highest BCUT2D eigenvalue weighted by molar-refractivity contribution is 5.90. The number of para-hydroxylation sites is 2. The molecular weight excluding hydrogens is 590 g/mol. The van der Waals surface area contributed by atoms with Gasteiger partial charge in [0.1, 0.15) is 5.82 Å². The molecule has 1 unspecified atom stereocenters. The Morgan fingerprint density at radius 3 is 1.84 bits per heavy atom. The quantitative estimate of drug-likeness (QED) is 0.205. The van der Waals surface area contributed by atoms with Crippen LogP contribution in [0.25, 0.3) is 11.0 Å². The number of aryl methyl sites for hydroxylation is 1. The van der Waals surface area contributed by atoms with Crippen molar-refractivity contribution < 1.29 is 54.2 Å². The van der Waals surface area contributed by atoms with E-state index in [-0.39, 0.29) is 0 Å².